The van der Waals surface area contributed by atoms with Crippen molar-refractivity contribution in [2.24, 2.45) is 5.41 Å². The third-order valence-electron chi connectivity index (χ3n) is 5.49. The first kappa shape index (κ1) is 23.4. The maximum atomic E-state index is 13.3. The molecular formula is C23H25ClN4O4. The van der Waals surface area contributed by atoms with E-state index in [-0.39, 0.29) is 42.5 Å². The lowest BCUT2D eigenvalue weighted by molar-refractivity contribution is -0.147. The van der Waals surface area contributed by atoms with Crippen LogP contribution in [-0.4, -0.2) is 29.8 Å². The average Bonchev–Trinajstić information content (AvgIpc) is 3.08. The lowest BCUT2D eigenvalue weighted by Crippen LogP contribution is -2.42. The number of hydrogen-bond acceptors (Lipinski definition) is 4. The minimum atomic E-state index is -1.06. The van der Waals surface area contributed by atoms with Crippen LogP contribution in [-0.2, 0) is 30.8 Å². The largest absolute Gasteiger partial charge is 0.481 e. The minimum absolute atomic E-state index is 0.0475. The summed E-state index contributed by atoms with van der Waals surface area (Å²) in [5, 5.41) is 9.51. The summed E-state index contributed by atoms with van der Waals surface area (Å²) >= 11 is 6.29. The van der Waals surface area contributed by atoms with Crippen molar-refractivity contribution in [3.63, 3.8) is 0 Å². The third-order valence-corrected chi connectivity index (χ3v) is 5.78. The van der Waals surface area contributed by atoms with Crippen LogP contribution in [0.15, 0.2) is 39.9 Å². The topological polar surface area (TPSA) is 99.1 Å². The molecule has 0 aliphatic carbocycles. The molecular weight excluding hydrogens is 432 g/mol. The molecule has 0 aliphatic rings. The predicted molar refractivity (Wildman–Crippen MR) is 123 cm³/mol. The Morgan fingerprint density at radius 1 is 1.12 bits per heavy atom. The van der Waals surface area contributed by atoms with Gasteiger partial charge in [-0.25, -0.2) is 4.79 Å². The van der Waals surface area contributed by atoms with Crippen LogP contribution in [0.4, 0.5) is 0 Å². The summed E-state index contributed by atoms with van der Waals surface area (Å²) in [7, 11) is 0. The summed E-state index contributed by atoms with van der Waals surface area (Å²) in [6.07, 6.45) is 0.659. The first-order chi connectivity index (χ1) is 15.2. The minimum Gasteiger partial charge on any atom is -0.481 e. The van der Waals surface area contributed by atoms with Crippen molar-refractivity contribution in [1.82, 2.24) is 18.7 Å². The Morgan fingerprint density at radius 3 is 2.44 bits per heavy atom. The lowest BCUT2D eigenvalue weighted by atomic mass is 9.89. The van der Waals surface area contributed by atoms with Gasteiger partial charge in [0.25, 0.3) is 5.56 Å². The molecule has 3 aromatic rings. The van der Waals surface area contributed by atoms with Crippen molar-refractivity contribution in [1.29, 1.82) is 0 Å². The first-order valence-electron chi connectivity index (χ1n) is 10.2. The van der Waals surface area contributed by atoms with Crippen LogP contribution >= 0.6 is 11.6 Å². The summed E-state index contributed by atoms with van der Waals surface area (Å²) in [6.45, 7) is 5.25. The smallest absolute Gasteiger partial charge is 0.332 e. The Hall–Kier alpha value is -3.31. The summed E-state index contributed by atoms with van der Waals surface area (Å²) in [5.74, 6) is 4.66. The number of hydrogen-bond donors (Lipinski definition) is 1. The highest BCUT2D eigenvalue weighted by Crippen LogP contribution is 2.22. The Labute approximate surface area is 190 Å². The molecule has 0 unspecified atom stereocenters. The summed E-state index contributed by atoms with van der Waals surface area (Å²) in [4.78, 5) is 42.4. The van der Waals surface area contributed by atoms with Gasteiger partial charge in [-0.05, 0) is 50.8 Å². The van der Waals surface area contributed by atoms with Gasteiger partial charge in [-0.3, -0.25) is 23.3 Å². The molecule has 0 bridgehead atoms. The SMILES string of the molecule is CC#CCn1c(Cl)nc2c1c(=O)n(CCc1ccccc1)c(=O)n2CCC(C)(C)C(=O)O. The standard InChI is InChI=1S/C23H25ClN4O4/c1-4-5-13-26-17-18(25-21(26)24)27(15-12-23(2,3)20(30)31)22(32)28(19(17)29)14-11-16-9-7-6-8-10-16/h6-10H,11-15H2,1-3H3,(H,30,31). The Bertz CT molecular complexity index is 1320. The second kappa shape index (κ2) is 9.45. The van der Waals surface area contributed by atoms with Crippen molar-refractivity contribution in [2.75, 3.05) is 0 Å². The molecule has 0 radical (unpaired) electrons. The van der Waals surface area contributed by atoms with Gasteiger partial charge >= 0.3 is 11.7 Å². The molecule has 3 rings (SSSR count). The lowest BCUT2D eigenvalue weighted by Gasteiger charge is -2.20. The van der Waals surface area contributed by atoms with Gasteiger partial charge in [-0.2, -0.15) is 4.98 Å². The zero-order chi connectivity index (χ0) is 23.5. The van der Waals surface area contributed by atoms with E-state index in [0.717, 1.165) is 10.1 Å². The fraction of sp³-hybridized carbons (Fsp3) is 0.391. The maximum absolute atomic E-state index is 13.3. The van der Waals surface area contributed by atoms with E-state index in [9.17, 15) is 19.5 Å². The van der Waals surface area contributed by atoms with Gasteiger partial charge in [0, 0.05) is 13.1 Å². The van der Waals surface area contributed by atoms with E-state index in [4.69, 9.17) is 11.6 Å². The van der Waals surface area contributed by atoms with Gasteiger partial charge in [0.05, 0.1) is 12.0 Å². The highest BCUT2D eigenvalue weighted by atomic mass is 35.5. The normalized spacial score (nSPS) is 11.4. The van der Waals surface area contributed by atoms with Crippen LogP contribution in [0.1, 0.15) is 32.8 Å². The van der Waals surface area contributed by atoms with Crippen LogP contribution < -0.4 is 11.2 Å². The van der Waals surface area contributed by atoms with E-state index in [0.29, 0.717) is 6.42 Å². The second-order valence-electron chi connectivity index (χ2n) is 8.13. The molecule has 0 spiro atoms. The molecule has 9 heteroatoms. The molecule has 1 N–H and O–H groups in total. The van der Waals surface area contributed by atoms with E-state index in [1.165, 1.54) is 9.13 Å². The third kappa shape index (κ3) is 4.63. The Kier molecular flexibility index (Phi) is 6.90. The average molecular weight is 457 g/mol. The number of benzene rings is 1. The Morgan fingerprint density at radius 2 is 1.81 bits per heavy atom. The van der Waals surface area contributed by atoms with Crippen LogP contribution in [0.3, 0.4) is 0 Å². The first-order valence-corrected chi connectivity index (χ1v) is 10.6. The molecule has 0 atom stereocenters. The number of nitrogens with zero attached hydrogens (tertiary/aromatic N) is 4. The van der Waals surface area contributed by atoms with Crippen LogP contribution in [0.5, 0.6) is 0 Å². The molecule has 0 amide bonds. The summed E-state index contributed by atoms with van der Waals surface area (Å²) < 4.78 is 3.98. The van der Waals surface area contributed by atoms with Crippen LogP contribution in [0.2, 0.25) is 5.28 Å². The number of aliphatic carboxylic acids is 1. The predicted octanol–water partition coefficient (Wildman–Crippen LogP) is 2.78. The molecule has 168 valence electrons. The van der Waals surface area contributed by atoms with Crippen molar-refractivity contribution in [3.8, 4) is 11.8 Å². The molecule has 0 saturated carbocycles. The van der Waals surface area contributed by atoms with Crippen molar-refractivity contribution in [2.45, 2.75) is 53.2 Å². The van der Waals surface area contributed by atoms with E-state index < -0.39 is 22.6 Å². The molecule has 1 aromatic carbocycles. The van der Waals surface area contributed by atoms with Gasteiger partial charge in [-0.15, -0.1) is 5.92 Å². The number of carbonyl (C=O) groups is 1. The molecule has 0 aliphatic heterocycles. The summed E-state index contributed by atoms with van der Waals surface area (Å²) in [5.41, 5.74) is -0.787. The molecule has 2 aromatic heterocycles. The van der Waals surface area contributed by atoms with E-state index in [1.807, 2.05) is 30.3 Å². The van der Waals surface area contributed by atoms with Crippen molar-refractivity contribution >= 4 is 28.7 Å². The Balaban J connectivity index is 2.16. The fourth-order valence-corrected chi connectivity index (χ4v) is 3.57. The molecule has 2 heterocycles. The van der Waals surface area contributed by atoms with Gasteiger partial charge in [0.15, 0.2) is 11.2 Å². The zero-order valence-electron chi connectivity index (χ0n) is 18.3. The highest BCUT2D eigenvalue weighted by molar-refractivity contribution is 6.29. The maximum Gasteiger partial charge on any atom is 0.332 e. The van der Waals surface area contributed by atoms with Gasteiger partial charge in [0.1, 0.15) is 0 Å². The molecule has 0 saturated heterocycles. The number of aromatic nitrogens is 4. The fourth-order valence-electron chi connectivity index (χ4n) is 3.35. The van der Waals surface area contributed by atoms with Crippen molar-refractivity contribution < 1.29 is 9.90 Å². The number of halogens is 1. The van der Waals surface area contributed by atoms with Gasteiger partial charge < -0.3 is 5.11 Å². The van der Waals surface area contributed by atoms with Gasteiger partial charge in [0.2, 0.25) is 5.28 Å². The number of imidazole rings is 1. The van der Waals surface area contributed by atoms with Gasteiger partial charge in [-0.1, -0.05) is 36.3 Å². The number of aryl methyl sites for hydroxylation is 2. The van der Waals surface area contributed by atoms with Crippen LogP contribution in [0.25, 0.3) is 11.2 Å². The second-order valence-corrected chi connectivity index (χ2v) is 8.47. The van der Waals surface area contributed by atoms with E-state index >= 15 is 0 Å². The van der Waals surface area contributed by atoms with E-state index in [1.54, 1.807) is 20.8 Å². The number of fused-ring (bicyclic) bond motifs is 1. The number of rotatable bonds is 8. The number of carboxylic acid groups (broad SMARTS) is 1. The number of carboxylic acids is 1. The molecule has 0 fully saturated rings. The van der Waals surface area contributed by atoms with Crippen LogP contribution in [0, 0.1) is 17.3 Å². The zero-order valence-corrected chi connectivity index (χ0v) is 19.0. The molecule has 8 nitrogen and oxygen atoms in total. The monoisotopic (exact) mass is 456 g/mol. The van der Waals surface area contributed by atoms with Crippen molar-refractivity contribution in [3.05, 3.63) is 62.0 Å². The molecule has 32 heavy (non-hydrogen) atoms. The quantitative estimate of drug-likeness (QED) is 0.415. The highest BCUT2D eigenvalue weighted by Gasteiger charge is 2.28. The summed E-state index contributed by atoms with van der Waals surface area (Å²) in [6, 6.07) is 9.54. The van der Waals surface area contributed by atoms with E-state index in [2.05, 4.69) is 16.8 Å².